The van der Waals surface area contributed by atoms with Crippen LogP contribution in [0.4, 0.5) is 0 Å². The van der Waals surface area contributed by atoms with Gasteiger partial charge in [0.25, 0.3) is 0 Å². The van der Waals surface area contributed by atoms with E-state index in [4.69, 9.17) is 5.11 Å². The zero-order chi connectivity index (χ0) is 12.1. The molecule has 3 heteroatoms. The van der Waals surface area contributed by atoms with E-state index in [-0.39, 0.29) is 12.3 Å². The summed E-state index contributed by atoms with van der Waals surface area (Å²) >= 11 is 0. The molecule has 0 aliphatic carbocycles. The lowest BCUT2D eigenvalue weighted by Crippen LogP contribution is -2.08. The van der Waals surface area contributed by atoms with Crippen molar-refractivity contribution in [3.8, 4) is 0 Å². The molecule has 0 aliphatic rings. The molecule has 3 nitrogen and oxygen atoms in total. The number of hydrogen-bond donors (Lipinski definition) is 1. The third kappa shape index (κ3) is 2.91. The minimum atomic E-state index is -0.803. The van der Waals surface area contributed by atoms with Gasteiger partial charge >= 0.3 is 5.97 Å². The summed E-state index contributed by atoms with van der Waals surface area (Å²) in [4.78, 5) is 15.0. The van der Waals surface area contributed by atoms with Crippen LogP contribution >= 0.6 is 0 Å². The van der Waals surface area contributed by atoms with E-state index in [1.807, 2.05) is 42.5 Å². The van der Waals surface area contributed by atoms with Crippen molar-refractivity contribution in [1.29, 1.82) is 0 Å². The molecular formula is C14H13NO2. The summed E-state index contributed by atoms with van der Waals surface area (Å²) in [5.41, 5.74) is 1.93. The molecule has 0 saturated heterocycles. The van der Waals surface area contributed by atoms with Gasteiger partial charge in [0.1, 0.15) is 0 Å². The summed E-state index contributed by atoms with van der Waals surface area (Å²) in [5, 5.41) is 8.99. The molecule has 1 N–H and O–H groups in total. The Balaban J connectivity index is 2.36. The van der Waals surface area contributed by atoms with Gasteiger partial charge in [0, 0.05) is 18.3 Å². The fraction of sp³-hybridized carbons (Fsp3) is 0.143. The Morgan fingerprint density at radius 3 is 2.41 bits per heavy atom. The van der Waals surface area contributed by atoms with E-state index >= 15 is 0 Å². The SMILES string of the molecule is O=C(O)CC(c1ccccc1)c1cccnc1. The molecule has 86 valence electrons. The molecule has 0 amide bonds. The van der Waals surface area contributed by atoms with E-state index in [1.54, 1.807) is 12.4 Å². The van der Waals surface area contributed by atoms with Gasteiger partial charge in [-0.15, -0.1) is 0 Å². The zero-order valence-corrected chi connectivity index (χ0v) is 9.28. The van der Waals surface area contributed by atoms with Crippen molar-refractivity contribution in [2.75, 3.05) is 0 Å². The molecule has 2 rings (SSSR count). The highest BCUT2D eigenvalue weighted by molar-refractivity contribution is 5.69. The van der Waals surface area contributed by atoms with Crippen LogP contribution in [0.15, 0.2) is 54.9 Å². The average Bonchev–Trinajstić information content (AvgIpc) is 2.38. The maximum Gasteiger partial charge on any atom is 0.304 e. The smallest absolute Gasteiger partial charge is 0.304 e. The number of rotatable bonds is 4. The second-order valence-electron chi connectivity index (χ2n) is 3.85. The van der Waals surface area contributed by atoms with Crippen LogP contribution < -0.4 is 0 Å². The molecule has 17 heavy (non-hydrogen) atoms. The second kappa shape index (κ2) is 5.25. The second-order valence-corrected chi connectivity index (χ2v) is 3.85. The zero-order valence-electron chi connectivity index (χ0n) is 9.28. The van der Waals surface area contributed by atoms with Crippen molar-refractivity contribution in [3.63, 3.8) is 0 Å². The number of benzene rings is 1. The van der Waals surface area contributed by atoms with Gasteiger partial charge in [-0.25, -0.2) is 0 Å². The average molecular weight is 227 g/mol. The van der Waals surface area contributed by atoms with Crippen LogP contribution in [0.2, 0.25) is 0 Å². The molecule has 1 aromatic carbocycles. The Morgan fingerprint density at radius 2 is 1.82 bits per heavy atom. The molecule has 2 aromatic rings. The molecule has 1 unspecified atom stereocenters. The van der Waals surface area contributed by atoms with Crippen molar-refractivity contribution in [3.05, 3.63) is 66.0 Å². The number of aromatic nitrogens is 1. The molecule has 0 bridgehead atoms. The first-order valence-electron chi connectivity index (χ1n) is 5.44. The third-order valence-electron chi connectivity index (χ3n) is 2.67. The number of carboxylic acids is 1. The van der Waals surface area contributed by atoms with Gasteiger partial charge in [-0.1, -0.05) is 36.4 Å². The summed E-state index contributed by atoms with van der Waals surface area (Å²) < 4.78 is 0. The van der Waals surface area contributed by atoms with Crippen molar-refractivity contribution < 1.29 is 9.90 Å². The molecular weight excluding hydrogens is 214 g/mol. The normalized spacial score (nSPS) is 12.0. The quantitative estimate of drug-likeness (QED) is 0.873. The van der Waals surface area contributed by atoms with Crippen LogP contribution in [0.3, 0.4) is 0 Å². The minimum absolute atomic E-state index is 0.0791. The van der Waals surface area contributed by atoms with Crippen LogP contribution in [0, 0.1) is 0 Å². The minimum Gasteiger partial charge on any atom is -0.481 e. The fourth-order valence-corrected chi connectivity index (χ4v) is 1.87. The van der Waals surface area contributed by atoms with Gasteiger partial charge in [-0.3, -0.25) is 9.78 Å². The van der Waals surface area contributed by atoms with Gasteiger partial charge in [-0.05, 0) is 17.2 Å². The number of carboxylic acid groups (broad SMARTS) is 1. The lowest BCUT2D eigenvalue weighted by molar-refractivity contribution is -0.137. The maximum absolute atomic E-state index is 10.9. The van der Waals surface area contributed by atoms with Gasteiger partial charge < -0.3 is 5.11 Å². The Labute approximate surface area is 99.8 Å². The van der Waals surface area contributed by atoms with Crippen molar-refractivity contribution >= 4 is 5.97 Å². The highest BCUT2D eigenvalue weighted by Crippen LogP contribution is 2.27. The van der Waals surface area contributed by atoms with E-state index in [0.717, 1.165) is 11.1 Å². The summed E-state index contributed by atoms with van der Waals surface area (Å²) in [5.74, 6) is -0.940. The van der Waals surface area contributed by atoms with Crippen LogP contribution in [0.5, 0.6) is 0 Å². The first-order valence-corrected chi connectivity index (χ1v) is 5.44. The lowest BCUT2D eigenvalue weighted by Gasteiger charge is -2.15. The summed E-state index contributed by atoms with van der Waals surface area (Å²) in [6, 6.07) is 13.4. The predicted molar refractivity (Wildman–Crippen MR) is 64.8 cm³/mol. The van der Waals surface area contributed by atoms with Crippen LogP contribution in [-0.2, 0) is 4.79 Å². The highest BCUT2D eigenvalue weighted by Gasteiger charge is 2.17. The van der Waals surface area contributed by atoms with Gasteiger partial charge in [0.05, 0.1) is 6.42 Å². The van der Waals surface area contributed by atoms with E-state index in [2.05, 4.69) is 4.98 Å². The Morgan fingerprint density at radius 1 is 1.12 bits per heavy atom. The Bertz CT molecular complexity index is 443. The number of nitrogens with zero attached hydrogens (tertiary/aromatic N) is 1. The van der Waals surface area contributed by atoms with Crippen LogP contribution in [-0.4, -0.2) is 16.1 Å². The molecule has 0 aliphatic heterocycles. The molecule has 0 spiro atoms. The first-order chi connectivity index (χ1) is 8.27. The molecule has 1 atom stereocenters. The summed E-state index contributed by atoms with van der Waals surface area (Å²) in [7, 11) is 0. The third-order valence-corrected chi connectivity index (χ3v) is 2.67. The van der Waals surface area contributed by atoms with Crippen LogP contribution in [0.25, 0.3) is 0 Å². The van der Waals surface area contributed by atoms with Crippen LogP contribution in [0.1, 0.15) is 23.5 Å². The fourth-order valence-electron chi connectivity index (χ4n) is 1.87. The maximum atomic E-state index is 10.9. The van der Waals surface area contributed by atoms with Crippen molar-refractivity contribution in [1.82, 2.24) is 4.98 Å². The van der Waals surface area contributed by atoms with E-state index < -0.39 is 5.97 Å². The van der Waals surface area contributed by atoms with Crippen molar-refractivity contribution in [2.45, 2.75) is 12.3 Å². The standard InChI is InChI=1S/C14H13NO2/c16-14(17)9-13(11-5-2-1-3-6-11)12-7-4-8-15-10-12/h1-8,10,13H,9H2,(H,16,17). The van der Waals surface area contributed by atoms with E-state index in [9.17, 15) is 4.79 Å². The van der Waals surface area contributed by atoms with Crippen molar-refractivity contribution in [2.24, 2.45) is 0 Å². The molecule has 0 saturated carbocycles. The first kappa shape index (κ1) is 11.3. The Hall–Kier alpha value is -2.16. The van der Waals surface area contributed by atoms with Gasteiger partial charge in [0.15, 0.2) is 0 Å². The summed E-state index contributed by atoms with van der Waals surface area (Å²) in [6.45, 7) is 0. The van der Waals surface area contributed by atoms with E-state index in [1.165, 1.54) is 0 Å². The molecule has 1 heterocycles. The lowest BCUT2D eigenvalue weighted by atomic mass is 9.90. The number of carbonyl (C=O) groups is 1. The topological polar surface area (TPSA) is 50.2 Å². The monoisotopic (exact) mass is 227 g/mol. The van der Waals surface area contributed by atoms with Gasteiger partial charge in [0.2, 0.25) is 0 Å². The van der Waals surface area contributed by atoms with E-state index in [0.29, 0.717) is 0 Å². The number of aliphatic carboxylic acids is 1. The molecule has 0 fully saturated rings. The largest absolute Gasteiger partial charge is 0.481 e. The number of hydrogen-bond acceptors (Lipinski definition) is 2. The predicted octanol–water partition coefficient (Wildman–Crippen LogP) is 2.69. The van der Waals surface area contributed by atoms with Gasteiger partial charge in [-0.2, -0.15) is 0 Å². The summed E-state index contributed by atoms with van der Waals surface area (Å²) in [6.07, 6.45) is 3.49. The number of pyridine rings is 1. The Kier molecular flexibility index (Phi) is 3.50. The highest BCUT2D eigenvalue weighted by atomic mass is 16.4. The molecule has 1 aromatic heterocycles. The molecule has 0 radical (unpaired) electrons.